The number of carbonyl (C=O) groups is 2. The van der Waals surface area contributed by atoms with E-state index in [2.05, 4.69) is 10.5 Å². The first-order valence-electron chi connectivity index (χ1n) is 10.3. The molecular weight excluding hydrogens is 516 g/mol. The number of ketones is 1. The fourth-order valence-corrected chi connectivity index (χ4v) is 6.35. The molecule has 35 heavy (non-hydrogen) atoms. The smallest absolute Gasteiger partial charge is 0.270 e. The van der Waals surface area contributed by atoms with E-state index >= 15 is 0 Å². The predicted octanol–water partition coefficient (Wildman–Crippen LogP) is 3.82. The normalized spacial score (nSPS) is 11.5. The molecule has 0 bridgehead atoms. The van der Waals surface area contributed by atoms with Gasteiger partial charge in [-0.25, -0.2) is 12.7 Å². The molecule has 0 aliphatic heterocycles. The molecular formula is C22H25ClN4O6S2. The van der Waals surface area contributed by atoms with Gasteiger partial charge in [0, 0.05) is 12.7 Å². The highest BCUT2D eigenvalue weighted by Crippen LogP contribution is 2.35. The van der Waals surface area contributed by atoms with Gasteiger partial charge in [-0.05, 0) is 55.8 Å². The van der Waals surface area contributed by atoms with Gasteiger partial charge in [0.2, 0.25) is 0 Å². The van der Waals surface area contributed by atoms with Gasteiger partial charge in [0.05, 0.1) is 12.2 Å². The molecule has 0 radical (unpaired) electrons. The van der Waals surface area contributed by atoms with E-state index in [1.165, 1.54) is 18.6 Å². The third kappa shape index (κ3) is 4.98. The summed E-state index contributed by atoms with van der Waals surface area (Å²) in [5.41, 5.74) is 8.67. The van der Waals surface area contributed by atoms with Gasteiger partial charge in [-0.2, -0.15) is 0 Å². The Morgan fingerprint density at radius 2 is 1.94 bits per heavy atom. The highest BCUT2D eigenvalue weighted by Gasteiger charge is 2.35. The number of amides is 1. The van der Waals surface area contributed by atoms with Gasteiger partial charge in [-0.1, -0.05) is 22.8 Å². The lowest BCUT2D eigenvalue weighted by Crippen LogP contribution is -2.33. The number of rotatable bonds is 9. The maximum absolute atomic E-state index is 13.6. The van der Waals surface area contributed by atoms with Gasteiger partial charge in [-0.3, -0.25) is 9.59 Å². The number of carbonyl (C=O) groups excluding carboxylic acids is 2. The number of hydrogen-bond acceptors (Lipinski definition) is 9. The Balaban J connectivity index is 2.07. The number of halogens is 1. The molecule has 188 valence electrons. The van der Waals surface area contributed by atoms with Crippen molar-refractivity contribution >= 4 is 56.2 Å². The van der Waals surface area contributed by atoms with Crippen LogP contribution in [0.25, 0.3) is 0 Å². The summed E-state index contributed by atoms with van der Waals surface area (Å²) in [6.45, 7) is 6.25. The Bertz CT molecular complexity index is 1400. The SMILES string of the molecule is COCN(c1onc(C)c1Cl)S(=O)(=O)c1ccsc1C(=O)Nc1c(C)cc(C)c(C)c1C(=O)CN. The van der Waals surface area contributed by atoms with Gasteiger partial charge >= 0.3 is 0 Å². The van der Waals surface area contributed by atoms with Crippen LogP contribution >= 0.6 is 22.9 Å². The molecule has 2 heterocycles. The molecule has 3 rings (SSSR count). The molecule has 3 aromatic rings. The molecule has 0 spiro atoms. The van der Waals surface area contributed by atoms with Crippen LogP contribution in [0.2, 0.25) is 5.02 Å². The maximum Gasteiger partial charge on any atom is 0.270 e. The van der Waals surface area contributed by atoms with Crippen molar-refractivity contribution in [3.8, 4) is 0 Å². The lowest BCUT2D eigenvalue weighted by Gasteiger charge is -2.21. The molecule has 1 aromatic carbocycles. The summed E-state index contributed by atoms with van der Waals surface area (Å²) < 4.78 is 38.1. The quantitative estimate of drug-likeness (QED) is 0.308. The van der Waals surface area contributed by atoms with Gasteiger partial charge < -0.3 is 20.3 Å². The van der Waals surface area contributed by atoms with Crippen LogP contribution in [0.4, 0.5) is 11.6 Å². The van der Waals surface area contributed by atoms with Gasteiger partial charge in [0.15, 0.2) is 5.78 Å². The molecule has 2 aromatic heterocycles. The van der Waals surface area contributed by atoms with Crippen molar-refractivity contribution < 1.29 is 27.3 Å². The minimum Gasteiger partial charge on any atom is -0.363 e. The van der Waals surface area contributed by atoms with E-state index < -0.39 is 22.7 Å². The summed E-state index contributed by atoms with van der Waals surface area (Å²) in [6, 6.07) is 3.13. The molecule has 0 saturated heterocycles. The number of ether oxygens (including phenoxy) is 1. The Hall–Kier alpha value is -2.77. The largest absolute Gasteiger partial charge is 0.363 e. The highest BCUT2D eigenvalue weighted by atomic mass is 35.5. The molecule has 0 unspecified atom stereocenters. The Morgan fingerprint density at radius 3 is 2.51 bits per heavy atom. The van der Waals surface area contributed by atoms with E-state index in [4.69, 9.17) is 26.6 Å². The zero-order valence-electron chi connectivity index (χ0n) is 19.8. The number of Topliss-reactive ketones (excluding diaryl/α,β-unsaturated/α-hetero) is 1. The molecule has 3 N–H and O–H groups in total. The molecule has 0 fully saturated rings. The Kier molecular flexibility index (Phi) is 8.02. The Morgan fingerprint density at radius 1 is 1.26 bits per heavy atom. The number of sulfonamides is 1. The lowest BCUT2D eigenvalue weighted by atomic mass is 9.94. The van der Waals surface area contributed by atoms with Gasteiger partial charge in [0.1, 0.15) is 27.2 Å². The minimum absolute atomic E-state index is 0.00236. The third-order valence-electron chi connectivity index (χ3n) is 5.40. The number of hydrogen-bond donors (Lipinski definition) is 2. The minimum atomic E-state index is -4.35. The number of methoxy groups -OCH3 is 1. The van der Waals surface area contributed by atoms with E-state index in [0.717, 1.165) is 21.2 Å². The van der Waals surface area contributed by atoms with E-state index in [1.807, 2.05) is 13.0 Å². The van der Waals surface area contributed by atoms with Crippen molar-refractivity contribution in [1.29, 1.82) is 0 Å². The summed E-state index contributed by atoms with van der Waals surface area (Å²) >= 11 is 7.11. The van der Waals surface area contributed by atoms with Crippen molar-refractivity contribution in [2.75, 3.05) is 30.0 Å². The molecule has 13 heteroatoms. The van der Waals surface area contributed by atoms with Crippen molar-refractivity contribution in [2.45, 2.75) is 32.6 Å². The lowest BCUT2D eigenvalue weighted by molar-refractivity contribution is 0.100. The summed E-state index contributed by atoms with van der Waals surface area (Å²) in [4.78, 5) is 25.5. The summed E-state index contributed by atoms with van der Waals surface area (Å²) in [6.07, 6.45) is 0. The second kappa shape index (κ2) is 10.5. The zero-order chi connectivity index (χ0) is 26.1. The number of anilines is 2. The van der Waals surface area contributed by atoms with Crippen LogP contribution < -0.4 is 15.4 Å². The third-order valence-corrected chi connectivity index (χ3v) is 8.62. The molecule has 0 atom stereocenters. The topological polar surface area (TPSA) is 145 Å². The first-order chi connectivity index (χ1) is 16.4. The monoisotopic (exact) mass is 540 g/mol. The second-order valence-electron chi connectivity index (χ2n) is 7.74. The second-order valence-corrected chi connectivity index (χ2v) is 10.9. The number of thiophene rings is 1. The molecule has 0 saturated carbocycles. The maximum atomic E-state index is 13.6. The van der Waals surface area contributed by atoms with Crippen molar-refractivity contribution in [1.82, 2.24) is 5.16 Å². The van der Waals surface area contributed by atoms with E-state index in [9.17, 15) is 18.0 Å². The molecule has 10 nitrogen and oxygen atoms in total. The van der Waals surface area contributed by atoms with Crippen molar-refractivity contribution in [2.24, 2.45) is 5.73 Å². The predicted molar refractivity (Wildman–Crippen MR) is 134 cm³/mol. The number of aromatic nitrogens is 1. The number of nitrogens with two attached hydrogens (primary N) is 1. The molecule has 0 aliphatic carbocycles. The summed E-state index contributed by atoms with van der Waals surface area (Å²) in [5, 5.41) is 7.90. The average molecular weight is 541 g/mol. The van der Waals surface area contributed by atoms with E-state index in [-0.39, 0.29) is 38.7 Å². The standard InChI is InChI=1S/C22H25ClN4O6S2/c1-11-8-12(2)19(17(13(11)3)15(28)9-24)25-21(29)20-16(6-7-34-20)35(30,31)27(10-32-5)22-18(23)14(4)26-33-22/h6-8H,9-10,24H2,1-5H3,(H,25,29). The first-order valence-corrected chi connectivity index (χ1v) is 13.0. The first kappa shape index (κ1) is 26.8. The summed E-state index contributed by atoms with van der Waals surface area (Å²) in [7, 11) is -3.05. The van der Waals surface area contributed by atoms with Crippen LogP contribution in [0.1, 0.15) is 42.4 Å². The van der Waals surface area contributed by atoms with Crippen LogP contribution in [0.3, 0.4) is 0 Å². The fraction of sp³-hybridized carbons (Fsp3) is 0.318. The van der Waals surface area contributed by atoms with E-state index in [1.54, 1.807) is 20.8 Å². The highest BCUT2D eigenvalue weighted by molar-refractivity contribution is 7.93. The fourth-order valence-electron chi connectivity index (χ4n) is 3.51. The Labute approximate surface area is 212 Å². The average Bonchev–Trinajstić information content (AvgIpc) is 3.43. The number of nitrogens with zero attached hydrogens (tertiary/aromatic N) is 2. The van der Waals surface area contributed by atoms with Crippen LogP contribution in [-0.2, 0) is 14.8 Å². The van der Waals surface area contributed by atoms with Crippen LogP contribution in [0.5, 0.6) is 0 Å². The summed E-state index contributed by atoms with van der Waals surface area (Å²) in [5.74, 6) is -1.28. The van der Waals surface area contributed by atoms with Crippen molar-refractivity contribution in [3.63, 3.8) is 0 Å². The van der Waals surface area contributed by atoms with Crippen LogP contribution in [0.15, 0.2) is 26.9 Å². The van der Waals surface area contributed by atoms with Gasteiger partial charge in [-0.15, -0.1) is 11.3 Å². The van der Waals surface area contributed by atoms with Gasteiger partial charge in [0.25, 0.3) is 21.8 Å². The number of nitrogens with one attached hydrogen (secondary N) is 1. The molecule has 1 amide bonds. The zero-order valence-corrected chi connectivity index (χ0v) is 22.2. The van der Waals surface area contributed by atoms with Crippen LogP contribution in [-0.4, -0.2) is 45.7 Å². The number of benzene rings is 1. The van der Waals surface area contributed by atoms with E-state index in [0.29, 0.717) is 22.4 Å². The number of aryl methyl sites for hydroxylation is 3. The molecule has 0 aliphatic rings. The van der Waals surface area contributed by atoms with Crippen LogP contribution in [0, 0.1) is 27.7 Å². The van der Waals surface area contributed by atoms with Crippen molar-refractivity contribution in [3.05, 3.63) is 55.4 Å².